The van der Waals surface area contributed by atoms with Crippen LogP contribution in [0.3, 0.4) is 0 Å². The van der Waals surface area contributed by atoms with Crippen molar-refractivity contribution >= 4 is 33.6 Å². The third kappa shape index (κ3) is 4.78. The van der Waals surface area contributed by atoms with Gasteiger partial charge in [-0.25, -0.2) is 4.79 Å². The zero-order valence-corrected chi connectivity index (χ0v) is 12.2. The summed E-state index contributed by atoms with van der Waals surface area (Å²) < 4.78 is 6.01. The first-order chi connectivity index (χ1) is 8.93. The van der Waals surface area contributed by atoms with Gasteiger partial charge in [0.25, 0.3) is 0 Å². The Balaban J connectivity index is 2.68. The molecule has 0 saturated heterocycles. The average molecular weight is 331 g/mol. The largest absolute Gasteiger partial charge is 0.495 e. The number of amides is 2. The van der Waals surface area contributed by atoms with Gasteiger partial charge in [0.05, 0.1) is 19.2 Å². The topological polar surface area (TPSA) is 87.7 Å². The molecule has 104 valence electrons. The molecule has 3 N–H and O–H groups in total. The van der Waals surface area contributed by atoms with E-state index in [-0.39, 0.29) is 13.0 Å². The van der Waals surface area contributed by atoms with Crippen LogP contribution in [-0.4, -0.2) is 30.8 Å². The number of methoxy groups -OCH3 is 1. The summed E-state index contributed by atoms with van der Waals surface area (Å²) in [5, 5.41) is 13.5. The Hall–Kier alpha value is -1.76. The lowest BCUT2D eigenvalue weighted by Gasteiger charge is -2.12. The van der Waals surface area contributed by atoms with Crippen LogP contribution in [0.5, 0.6) is 5.75 Å². The molecular formula is C12H15BrN2O4. The maximum Gasteiger partial charge on any atom is 0.319 e. The van der Waals surface area contributed by atoms with Gasteiger partial charge in [-0.05, 0) is 24.6 Å². The molecule has 6 nitrogen and oxygen atoms in total. The fraction of sp³-hybridized carbons (Fsp3) is 0.333. The SMILES string of the molecule is COc1cc(C)c(Br)cc1NC(=O)NCCC(=O)O. The minimum absolute atomic E-state index is 0.0660. The van der Waals surface area contributed by atoms with Crippen molar-refractivity contribution in [1.29, 1.82) is 0 Å². The summed E-state index contributed by atoms with van der Waals surface area (Å²) in [5.41, 5.74) is 1.49. The molecule has 0 atom stereocenters. The number of ether oxygens (including phenoxy) is 1. The van der Waals surface area contributed by atoms with Gasteiger partial charge in [-0.1, -0.05) is 15.9 Å². The second kappa shape index (κ2) is 6.98. The van der Waals surface area contributed by atoms with E-state index < -0.39 is 12.0 Å². The van der Waals surface area contributed by atoms with Crippen molar-refractivity contribution in [3.8, 4) is 5.75 Å². The molecule has 2 amide bonds. The second-order valence-corrected chi connectivity index (χ2v) is 4.68. The number of hydrogen-bond acceptors (Lipinski definition) is 3. The third-order valence-electron chi connectivity index (χ3n) is 2.35. The molecule has 0 spiro atoms. The second-order valence-electron chi connectivity index (χ2n) is 3.83. The van der Waals surface area contributed by atoms with Gasteiger partial charge < -0.3 is 20.5 Å². The smallest absolute Gasteiger partial charge is 0.319 e. The number of carboxylic acids is 1. The van der Waals surface area contributed by atoms with Crippen LogP contribution in [0.15, 0.2) is 16.6 Å². The maximum absolute atomic E-state index is 11.6. The van der Waals surface area contributed by atoms with Gasteiger partial charge >= 0.3 is 12.0 Å². The van der Waals surface area contributed by atoms with Gasteiger partial charge in [-0.2, -0.15) is 0 Å². The number of aryl methyl sites for hydroxylation is 1. The zero-order valence-electron chi connectivity index (χ0n) is 10.6. The quantitative estimate of drug-likeness (QED) is 0.773. The Bertz CT molecular complexity index is 491. The fourth-order valence-corrected chi connectivity index (χ4v) is 1.71. The Kier molecular flexibility index (Phi) is 5.62. The van der Waals surface area contributed by atoms with E-state index in [0.717, 1.165) is 10.0 Å². The van der Waals surface area contributed by atoms with Crippen LogP contribution >= 0.6 is 15.9 Å². The first kappa shape index (κ1) is 15.3. The lowest BCUT2D eigenvalue weighted by atomic mass is 10.2. The van der Waals surface area contributed by atoms with Crippen LogP contribution in [0.2, 0.25) is 0 Å². The Morgan fingerprint density at radius 3 is 2.68 bits per heavy atom. The number of hydrogen-bond donors (Lipinski definition) is 3. The average Bonchev–Trinajstić information content (AvgIpc) is 2.33. The number of benzene rings is 1. The summed E-state index contributed by atoms with van der Waals surface area (Å²) in [6.07, 6.45) is -0.123. The Morgan fingerprint density at radius 2 is 2.11 bits per heavy atom. The number of urea groups is 1. The number of carboxylic acid groups (broad SMARTS) is 1. The normalized spacial score (nSPS) is 9.84. The molecule has 1 aromatic carbocycles. The molecule has 0 aliphatic heterocycles. The van der Waals surface area contributed by atoms with Crippen molar-refractivity contribution < 1.29 is 19.4 Å². The highest BCUT2D eigenvalue weighted by molar-refractivity contribution is 9.10. The standard InChI is InChI=1S/C12H15BrN2O4/c1-7-5-10(19-2)9(6-8(7)13)15-12(18)14-4-3-11(16)17/h5-6H,3-4H2,1-2H3,(H,16,17)(H2,14,15,18). The molecule has 19 heavy (non-hydrogen) atoms. The van der Waals surface area contributed by atoms with Crippen LogP contribution in [0.1, 0.15) is 12.0 Å². The van der Waals surface area contributed by atoms with Crippen molar-refractivity contribution in [2.45, 2.75) is 13.3 Å². The van der Waals surface area contributed by atoms with Gasteiger partial charge in [0.1, 0.15) is 5.75 Å². The first-order valence-electron chi connectivity index (χ1n) is 5.55. The summed E-state index contributed by atoms with van der Waals surface area (Å²) in [6.45, 7) is 1.97. The molecule has 0 aromatic heterocycles. The molecule has 0 heterocycles. The van der Waals surface area contributed by atoms with Crippen molar-refractivity contribution in [3.63, 3.8) is 0 Å². The number of rotatable bonds is 5. The molecule has 0 unspecified atom stereocenters. The van der Waals surface area contributed by atoms with E-state index in [4.69, 9.17) is 9.84 Å². The van der Waals surface area contributed by atoms with E-state index in [9.17, 15) is 9.59 Å². The molecule has 0 aliphatic carbocycles. The van der Waals surface area contributed by atoms with Gasteiger partial charge in [0.2, 0.25) is 0 Å². The van der Waals surface area contributed by atoms with Crippen molar-refractivity contribution in [2.24, 2.45) is 0 Å². The highest BCUT2D eigenvalue weighted by atomic mass is 79.9. The molecule has 1 aromatic rings. The summed E-state index contributed by atoms with van der Waals surface area (Å²) in [7, 11) is 1.51. The number of carbonyl (C=O) groups excluding carboxylic acids is 1. The molecular weight excluding hydrogens is 316 g/mol. The van der Waals surface area contributed by atoms with Crippen molar-refractivity contribution in [1.82, 2.24) is 5.32 Å². The minimum atomic E-state index is -0.962. The lowest BCUT2D eigenvalue weighted by molar-refractivity contribution is -0.136. The van der Waals surface area contributed by atoms with Crippen LogP contribution in [0.4, 0.5) is 10.5 Å². The number of carbonyl (C=O) groups is 2. The minimum Gasteiger partial charge on any atom is -0.495 e. The molecule has 0 aliphatic rings. The Labute approximate surface area is 119 Å². The van der Waals surface area contributed by atoms with E-state index in [0.29, 0.717) is 11.4 Å². The third-order valence-corrected chi connectivity index (χ3v) is 3.21. The predicted molar refractivity (Wildman–Crippen MR) is 74.7 cm³/mol. The van der Waals surface area contributed by atoms with E-state index in [1.807, 2.05) is 6.92 Å². The highest BCUT2D eigenvalue weighted by Gasteiger charge is 2.10. The Morgan fingerprint density at radius 1 is 1.42 bits per heavy atom. The molecule has 0 radical (unpaired) electrons. The van der Waals surface area contributed by atoms with Crippen molar-refractivity contribution in [3.05, 3.63) is 22.2 Å². The molecule has 1 rings (SSSR count). The van der Waals surface area contributed by atoms with E-state index >= 15 is 0 Å². The number of nitrogens with one attached hydrogen (secondary N) is 2. The van der Waals surface area contributed by atoms with Gasteiger partial charge in [-0.15, -0.1) is 0 Å². The molecule has 7 heteroatoms. The monoisotopic (exact) mass is 330 g/mol. The number of aliphatic carboxylic acids is 1. The van der Waals surface area contributed by atoms with E-state index in [1.165, 1.54) is 7.11 Å². The molecule has 0 saturated carbocycles. The lowest BCUT2D eigenvalue weighted by Crippen LogP contribution is -2.30. The number of anilines is 1. The molecule has 0 fully saturated rings. The first-order valence-corrected chi connectivity index (χ1v) is 6.34. The summed E-state index contributed by atoms with van der Waals surface area (Å²) in [4.78, 5) is 21.9. The predicted octanol–water partition coefficient (Wildman–Crippen LogP) is 2.36. The summed E-state index contributed by atoms with van der Waals surface area (Å²) in [5.74, 6) is -0.426. The highest BCUT2D eigenvalue weighted by Crippen LogP contribution is 2.30. The van der Waals surface area contributed by atoms with Gasteiger partial charge in [0.15, 0.2) is 0 Å². The van der Waals surface area contributed by atoms with Crippen LogP contribution < -0.4 is 15.4 Å². The van der Waals surface area contributed by atoms with Gasteiger partial charge in [-0.3, -0.25) is 4.79 Å². The maximum atomic E-state index is 11.6. The van der Waals surface area contributed by atoms with Crippen LogP contribution in [0.25, 0.3) is 0 Å². The van der Waals surface area contributed by atoms with Gasteiger partial charge in [0, 0.05) is 11.0 Å². The fourth-order valence-electron chi connectivity index (χ4n) is 1.37. The summed E-state index contributed by atoms with van der Waals surface area (Å²) in [6, 6.07) is 3.04. The zero-order chi connectivity index (χ0) is 14.4. The van der Waals surface area contributed by atoms with Crippen molar-refractivity contribution in [2.75, 3.05) is 19.0 Å². The van der Waals surface area contributed by atoms with E-state index in [2.05, 4.69) is 26.6 Å². The van der Waals surface area contributed by atoms with E-state index in [1.54, 1.807) is 12.1 Å². The number of halogens is 1. The molecule has 0 bridgehead atoms. The van der Waals surface area contributed by atoms with Crippen LogP contribution in [0, 0.1) is 6.92 Å². The summed E-state index contributed by atoms with van der Waals surface area (Å²) >= 11 is 3.37. The van der Waals surface area contributed by atoms with Crippen LogP contribution in [-0.2, 0) is 4.79 Å².